The summed E-state index contributed by atoms with van der Waals surface area (Å²) in [5.41, 5.74) is 0.541. The minimum atomic E-state index is -0.311. The summed E-state index contributed by atoms with van der Waals surface area (Å²) in [5.74, 6) is -0.0688. The Morgan fingerprint density at radius 1 is 1.32 bits per heavy atom. The average Bonchev–Trinajstić information content (AvgIpc) is 2.68. The quantitative estimate of drug-likeness (QED) is 0.441. The van der Waals surface area contributed by atoms with Crippen molar-refractivity contribution in [3.63, 3.8) is 0 Å². The number of hydrogen-bond donors (Lipinski definition) is 0. The van der Waals surface area contributed by atoms with Crippen LogP contribution in [0.3, 0.4) is 0 Å². The summed E-state index contributed by atoms with van der Waals surface area (Å²) in [5, 5.41) is 0. The number of hydrogen-bond acceptors (Lipinski definition) is 4. The van der Waals surface area contributed by atoms with Crippen LogP contribution in [0.4, 0.5) is 0 Å². The minimum absolute atomic E-state index is 0.0111. The Kier molecular flexibility index (Phi) is 5.39. The van der Waals surface area contributed by atoms with Gasteiger partial charge < -0.3 is 14.0 Å². The monoisotopic (exact) mass is 308 g/mol. The molecule has 4 nitrogen and oxygen atoms in total. The van der Waals surface area contributed by atoms with Crippen molar-refractivity contribution in [1.82, 2.24) is 0 Å². The van der Waals surface area contributed by atoms with Gasteiger partial charge in [0.05, 0.1) is 23.7 Å². The highest BCUT2D eigenvalue weighted by molar-refractivity contribution is 6.54. The molecule has 0 N–H and O–H groups in total. The molecule has 1 aliphatic heterocycles. The highest BCUT2D eigenvalue weighted by atomic mass is 16.7. The third-order valence-electron chi connectivity index (χ3n) is 5.08. The lowest BCUT2D eigenvalue weighted by atomic mass is 9.70. The molecule has 1 atom stereocenters. The van der Waals surface area contributed by atoms with Crippen molar-refractivity contribution in [3.05, 3.63) is 11.5 Å². The first-order valence-corrected chi connectivity index (χ1v) is 8.48. The van der Waals surface area contributed by atoms with E-state index in [1.807, 2.05) is 0 Å². The number of ether oxygens (including phenoxy) is 1. The van der Waals surface area contributed by atoms with Crippen LogP contribution in [-0.4, -0.2) is 30.9 Å². The first-order valence-electron chi connectivity index (χ1n) is 8.48. The van der Waals surface area contributed by atoms with Gasteiger partial charge in [-0.3, -0.25) is 4.79 Å². The minimum Gasteiger partial charge on any atom is -0.465 e. The van der Waals surface area contributed by atoms with E-state index in [1.165, 1.54) is 0 Å². The van der Waals surface area contributed by atoms with Crippen LogP contribution in [0.2, 0.25) is 0 Å². The Morgan fingerprint density at radius 2 is 1.95 bits per heavy atom. The zero-order valence-corrected chi connectivity index (χ0v) is 14.6. The van der Waals surface area contributed by atoms with E-state index < -0.39 is 0 Å². The number of carbonyl (C=O) groups excluding carboxylic acids is 1. The molecule has 2 aliphatic rings. The Morgan fingerprint density at radius 3 is 2.45 bits per heavy atom. The first kappa shape index (κ1) is 17.5. The Labute approximate surface area is 134 Å². The predicted molar refractivity (Wildman–Crippen MR) is 87.4 cm³/mol. The van der Waals surface area contributed by atoms with Crippen LogP contribution in [0.1, 0.15) is 66.7 Å². The Balaban J connectivity index is 1.89. The second kappa shape index (κ2) is 6.75. The summed E-state index contributed by atoms with van der Waals surface area (Å²) in [4.78, 5) is 12.0. The van der Waals surface area contributed by atoms with Gasteiger partial charge in [0, 0.05) is 0 Å². The van der Waals surface area contributed by atoms with Crippen molar-refractivity contribution in [2.45, 2.75) is 77.9 Å². The fourth-order valence-electron chi connectivity index (χ4n) is 2.71. The molecule has 0 spiro atoms. The summed E-state index contributed by atoms with van der Waals surface area (Å²) in [6.07, 6.45) is 6.48. The van der Waals surface area contributed by atoms with Crippen molar-refractivity contribution in [2.24, 2.45) is 5.92 Å². The summed E-state index contributed by atoms with van der Waals surface area (Å²) in [6.45, 7) is 10.9. The molecular formula is C17H29BO4. The van der Waals surface area contributed by atoms with Gasteiger partial charge in [0.2, 0.25) is 0 Å². The van der Waals surface area contributed by atoms with Crippen LogP contribution in [-0.2, 0) is 18.8 Å². The summed E-state index contributed by atoms with van der Waals surface area (Å²) in [7, 11) is -0.276. The maximum atomic E-state index is 12.0. The fourth-order valence-corrected chi connectivity index (χ4v) is 2.71. The largest absolute Gasteiger partial charge is 0.490 e. The zero-order chi connectivity index (χ0) is 16.4. The number of allylic oxidation sites excluding steroid dienone is 2. The lowest BCUT2D eigenvalue weighted by molar-refractivity contribution is -0.148. The summed E-state index contributed by atoms with van der Waals surface area (Å²) in [6, 6.07) is 0. The molecule has 1 unspecified atom stereocenters. The van der Waals surface area contributed by atoms with Crippen molar-refractivity contribution in [2.75, 3.05) is 6.61 Å². The van der Waals surface area contributed by atoms with Crippen LogP contribution >= 0.6 is 0 Å². The third kappa shape index (κ3) is 3.74. The van der Waals surface area contributed by atoms with Crippen molar-refractivity contribution in [1.29, 1.82) is 0 Å². The van der Waals surface area contributed by atoms with Crippen LogP contribution < -0.4 is 0 Å². The van der Waals surface area contributed by atoms with Gasteiger partial charge in [0.25, 0.3) is 0 Å². The van der Waals surface area contributed by atoms with Crippen LogP contribution in [0.15, 0.2) is 11.5 Å². The Hall–Kier alpha value is -0.805. The van der Waals surface area contributed by atoms with Crippen molar-refractivity contribution < 1.29 is 18.8 Å². The number of carbonyl (C=O) groups is 1. The highest BCUT2D eigenvalue weighted by Crippen LogP contribution is 2.40. The van der Waals surface area contributed by atoms with Crippen LogP contribution in [0.25, 0.3) is 0 Å². The van der Waals surface area contributed by atoms with Crippen molar-refractivity contribution >= 4 is 13.1 Å². The smallest absolute Gasteiger partial charge is 0.465 e. The molecule has 0 bridgehead atoms. The molecule has 0 radical (unpaired) electrons. The van der Waals surface area contributed by atoms with Crippen molar-refractivity contribution in [3.8, 4) is 0 Å². The van der Waals surface area contributed by atoms with Gasteiger partial charge in [-0.05, 0) is 58.9 Å². The number of unbranched alkanes of at least 4 members (excludes halogenated alkanes) is 1. The predicted octanol–water partition coefficient (Wildman–Crippen LogP) is 3.69. The standard InChI is InChI=1S/C17H29BO4/c1-6-7-12-20-15(19)13-8-10-14(11-9-13)18-21-16(2,3)17(4,5)22-18/h10,13H,6-9,11-12H2,1-5H3. The van der Waals surface area contributed by atoms with Crippen LogP contribution in [0.5, 0.6) is 0 Å². The second-order valence-electron chi connectivity index (χ2n) is 7.36. The van der Waals surface area contributed by atoms with Gasteiger partial charge in [0.1, 0.15) is 0 Å². The maximum absolute atomic E-state index is 12.0. The van der Waals surface area contributed by atoms with Crippen LogP contribution in [0, 0.1) is 5.92 Å². The second-order valence-corrected chi connectivity index (χ2v) is 7.36. The molecule has 0 saturated carbocycles. The lowest BCUT2D eigenvalue weighted by Gasteiger charge is -2.32. The van der Waals surface area contributed by atoms with Gasteiger partial charge in [-0.15, -0.1) is 0 Å². The molecule has 0 aromatic heterocycles. The molecule has 1 aliphatic carbocycles. The number of rotatable bonds is 5. The fraction of sp³-hybridized carbons (Fsp3) is 0.824. The molecule has 0 amide bonds. The first-order chi connectivity index (χ1) is 10.3. The van der Waals surface area contributed by atoms with Gasteiger partial charge in [-0.25, -0.2) is 0 Å². The van der Waals surface area contributed by atoms with Gasteiger partial charge in [0.15, 0.2) is 0 Å². The van der Waals surface area contributed by atoms with Gasteiger partial charge in [-0.1, -0.05) is 19.4 Å². The van der Waals surface area contributed by atoms with E-state index in [1.54, 1.807) is 0 Å². The van der Waals surface area contributed by atoms with E-state index in [-0.39, 0.29) is 30.2 Å². The van der Waals surface area contributed by atoms with E-state index in [2.05, 4.69) is 40.7 Å². The molecule has 1 heterocycles. The third-order valence-corrected chi connectivity index (χ3v) is 5.08. The zero-order valence-electron chi connectivity index (χ0n) is 14.6. The highest BCUT2D eigenvalue weighted by Gasteiger charge is 2.52. The summed E-state index contributed by atoms with van der Waals surface area (Å²) >= 11 is 0. The molecule has 0 aromatic rings. The van der Waals surface area contributed by atoms with Gasteiger partial charge >= 0.3 is 13.1 Å². The van der Waals surface area contributed by atoms with E-state index in [0.717, 1.165) is 37.6 Å². The van der Waals surface area contributed by atoms with E-state index >= 15 is 0 Å². The molecule has 22 heavy (non-hydrogen) atoms. The molecular weight excluding hydrogens is 279 g/mol. The van der Waals surface area contributed by atoms with E-state index in [0.29, 0.717) is 6.61 Å². The molecule has 5 heteroatoms. The molecule has 2 rings (SSSR count). The topological polar surface area (TPSA) is 44.8 Å². The molecule has 0 aromatic carbocycles. The van der Waals surface area contributed by atoms with E-state index in [4.69, 9.17) is 14.0 Å². The molecule has 124 valence electrons. The average molecular weight is 308 g/mol. The number of esters is 1. The molecule has 1 saturated heterocycles. The summed E-state index contributed by atoms with van der Waals surface area (Å²) < 4.78 is 17.5. The SMILES string of the molecule is CCCCOC(=O)C1CC=C(B2OC(C)(C)C(C)(C)O2)CC1. The molecule has 1 fully saturated rings. The van der Waals surface area contributed by atoms with E-state index in [9.17, 15) is 4.79 Å². The lowest BCUT2D eigenvalue weighted by Crippen LogP contribution is -2.41. The normalized spacial score (nSPS) is 26.7. The van der Waals surface area contributed by atoms with Gasteiger partial charge in [-0.2, -0.15) is 0 Å². The Bertz CT molecular complexity index is 426. The maximum Gasteiger partial charge on any atom is 0.490 e.